The van der Waals surface area contributed by atoms with Gasteiger partial charge >= 0.3 is 0 Å². The Hall–Kier alpha value is -1.30. The van der Waals surface area contributed by atoms with Crippen LogP contribution in [0.25, 0.3) is 0 Å². The summed E-state index contributed by atoms with van der Waals surface area (Å²) in [4.78, 5) is 2.40. The smallest absolute Gasteiger partial charge is 0.156 e. The summed E-state index contributed by atoms with van der Waals surface area (Å²) in [6, 6.07) is 0.296. The van der Waals surface area contributed by atoms with E-state index in [9.17, 15) is 10.2 Å². The molecule has 24 heavy (non-hydrogen) atoms. The van der Waals surface area contributed by atoms with Crippen molar-refractivity contribution in [3.8, 4) is 0 Å². The van der Waals surface area contributed by atoms with Crippen molar-refractivity contribution in [2.45, 2.75) is 43.9 Å². The molecule has 5 atom stereocenters. The van der Waals surface area contributed by atoms with Gasteiger partial charge in [0.05, 0.1) is 26.4 Å². The number of allylic oxidation sites excluding steroid dienone is 2. The lowest BCUT2D eigenvalue weighted by molar-refractivity contribution is 0.0597. The second-order valence-electron chi connectivity index (χ2n) is 7.19. The highest BCUT2D eigenvalue weighted by Crippen LogP contribution is 2.42. The Bertz CT molecular complexity index is 554. The van der Waals surface area contributed by atoms with Gasteiger partial charge in [-0.3, -0.25) is 0 Å². The zero-order valence-corrected chi connectivity index (χ0v) is 14.8. The predicted molar refractivity (Wildman–Crippen MR) is 92.1 cm³/mol. The van der Waals surface area contributed by atoms with Gasteiger partial charge in [-0.2, -0.15) is 0 Å². The second-order valence-corrected chi connectivity index (χ2v) is 7.19. The molecule has 0 radical (unpaired) electrons. The fourth-order valence-electron chi connectivity index (χ4n) is 4.50. The van der Waals surface area contributed by atoms with Gasteiger partial charge in [0, 0.05) is 31.3 Å². The molecule has 0 amide bonds. The molecule has 1 saturated heterocycles. The molecule has 134 valence electrons. The van der Waals surface area contributed by atoms with Crippen LogP contribution >= 0.6 is 0 Å². The van der Waals surface area contributed by atoms with E-state index >= 15 is 0 Å². The topological polar surface area (TPSA) is 62.2 Å². The number of rotatable bonds is 3. The van der Waals surface area contributed by atoms with Crippen molar-refractivity contribution in [3.63, 3.8) is 0 Å². The van der Waals surface area contributed by atoms with Gasteiger partial charge in [0.15, 0.2) is 5.76 Å². The van der Waals surface area contributed by atoms with E-state index in [1.165, 1.54) is 5.57 Å². The van der Waals surface area contributed by atoms with Crippen molar-refractivity contribution in [1.82, 2.24) is 4.90 Å². The number of aliphatic hydroxyl groups is 2. The molecule has 5 nitrogen and oxygen atoms in total. The number of fused-ring (bicyclic) bond motifs is 1. The molecule has 2 N–H and O–H groups in total. The molecule has 1 fully saturated rings. The Labute approximate surface area is 144 Å². The number of ether oxygens (including phenoxy) is 2. The van der Waals surface area contributed by atoms with Gasteiger partial charge in [-0.25, -0.2) is 0 Å². The maximum Gasteiger partial charge on any atom is 0.156 e. The summed E-state index contributed by atoms with van der Waals surface area (Å²) in [6.45, 7) is 0.995. The van der Waals surface area contributed by atoms with Crippen LogP contribution in [0.5, 0.6) is 0 Å². The van der Waals surface area contributed by atoms with E-state index in [-0.39, 0.29) is 5.92 Å². The van der Waals surface area contributed by atoms with Crippen LogP contribution in [0.2, 0.25) is 0 Å². The minimum Gasteiger partial charge on any atom is -0.497 e. The highest BCUT2D eigenvalue weighted by atomic mass is 16.5. The van der Waals surface area contributed by atoms with Gasteiger partial charge in [0.2, 0.25) is 0 Å². The summed E-state index contributed by atoms with van der Waals surface area (Å²) in [5.74, 6) is 2.30. The van der Waals surface area contributed by atoms with Crippen molar-refractivity contribution in [2.24, 2.45) is 11.8 Å². The molecule has 0 saturated carbocycles. The van der Waals surface area contributed by atoms with Gasteiger partial charge in [-0.05, 0) is 31.9 Å². The van der Waals surface area contributed by atoms with E-state index in [1.807, 2.05) is 6.08 Å². The Balaban J connectivity index is 1.89. The van der Waals surface area contributed by atoms with Gasteiger partial charge in [-0.15, -0.1) is 0 Å². The highest BCUT2D eigenvalue weighted by molar-refractivity contribution is 5.32. The third-order valence-corrected chi connectivity index (χ3v) is 5.69. The fraction of sp³-hybridized carbons (Fsp3) is 0.684. The number of methoxy groups -OCH3 is 2. The van der Waals surface area contributed by atoms with Crippen molar-refractivity contribution < 1.29 is 19.7 Å². The van der Waals surface area contributed by atoms with Crippen LogP contribution in [0.1, 0.15) is 25.7 Å². The molecule has 5 unspecified atom stereocenters. The van der Waals surface area contributed by atoms with E-state index in [0.717, 1.165) is 30.9 Å². The number of likely N-dealkylation sites (tertiary alicyclic amines) is 1. The maximum absolute atomic E-state index is 10.2. The Morgan fingerprint density at radius 2 is 1.92 bits per heavy atom. The molecule has 0 aromatic heterocycles. The van der Waals surface area contributed by atoms with Crippen molar-refractivity contribution in [1.29, 1.82) is 0 Å². The van der Waals surface area contributed by atoms with Gasteiger partial charge in [0.1, 0.15) is 5.76 Å². The Kier molecular flexibility index (Phi) is 5.33. The number of hydrogen-bond donors (Lipinski definition) is 2. The second kappa shape index (κ2) is 7.30. The summed E-state index contributed by atoms with van der Waals surface area (Å²) in [5, 5.41) is 20.1. The first-order valence-corrected chi connectivity index (χ1v) is 8.79. The van der Waals surface area contributed by atoms with Crippen molar-refractivity contribution in [2.75, 3.05) is 27.8 Å². The van der Waals surface area contributed by atoms with Crippen LogP contribution in [0, 0.1) is 11.8 Å². The molecule has 0 bridgehead atoms. The normalized spacial score (nSPS) is 37.5. The van der Waals surface area contributed by atoms with E-state index in [0.29, 0.717) is 24.8 Å². The molecule has 3 rings (SSSR count). The van der Waals surface area contributed by atoms with Crippen LogP contribution in [-0.2, 0) is 9.47 Å². The quantitative estimate of drug-likeness (QED) is 0.771. The van der Waals surface area contributed by atoms with Crippen LogP contribution in [0.15, 0.2) is 35.3 Å². The molecule has 1 aliphatic heterocycles. The predicted octanol–water partition coefficient (Wildman–Crippen LogP) is 1.83. The first kappa shape index (κ1) is 17.5. The lowest BCUT2D eigenvalue weighted by Gasteiger charge is -2.46. The molecule has 2 aliphatic carbocycles. The zero-order chi connectivity index (χ0) is 17.3. The number of hydrogen-bond acceptors (Lipinski definition) is 5. The lowest BCUT2D eigenvalue weighted by Crippen LogP contribution is -2.49. The maximum atomic E-state index is 10.2. The minimum absolute atomic E-state index is 0.220. The first-order chi connectivity index (χ1) is 11.5. The van der Waals surface area contributed by atoms with Gasteiger partial charge < -0.3 is 24.6 Å². The molecular formula is C19H29NO4. The molecule has 0 aromatic rings. The monoisotopic (exact) mass is 335 g/mol. The minimum atomic E-state index is -0.546. The van der Waals surface area contributed by atoms with Gasteiger partial charge in [-0.1, -0.05) is 17.7 Å². The third-order valence-electron chi connectivity index (χ3n) is 5.69. The third kappa shape index (κ3) is 3.39. The Morgan fingerprint density at radius 1 is 1.12 bits per heavy atom. The Morgan fingerprint density at radius 3 is 2.62 bits per heavy atom. The van der Waals surface area contributed by atoms with Crippen LogP contribution in [-0.4, -0.2) is 61.2 Å². The summed E-state index contributed by atoms with van der Waals surface area (Å²) in [6.07, 6.45) is 8.05. The molecular weight excluding hydrogens is 306 g/mol. The largest absolute Gasteiger partial charge is 0.497 e. The fourth-order valence-corrected chi connectivity index (χ4v) is 4.50. The number of nitrogens with zero attached hydrogens (tertiary/aromatic N) is 1. The zero-order valence-electron chi connectivity index (χ0n) is 14.8. The lowest BCUT2D eigenvalue weighted by atomic mass is 9.73. The average Bonchev–Trinajstić information content (AvgIpc) is 2.73. The number of piperidine rings is 1. The molecule has 1 heterocycles. The van der Waals surface area contributed by atoms with E-state index < -0.39 is 12.2 Å². The van der Waals surface area contributed by atoms with E-state index in [4.69, 9.17) is 9.47 Å². The summed E-state index contributed by atoms with van der Waals surface area (Å²) >= 11 is 0. The van der Waals surface area contributed by atoms with Crippen LogP contribution < -0.4 is 0 Å². The van der Waals surface area contributed by atoms with Gasteiger partial charge in [0.25, 0.3) is 0 Å². The summed E-state index contributed by atoms with van der Waals surface area (Å²) < 4.78 is 11.0. The molecule has 5 heteroatoms. The SMILES string of the molecule is COC1=C(OC)CC2C(=C1)CCN(C)C2C1C=CC(O)CC(O)C1. The highest BCUT2D eigenvalue weighted by Gasteiger charge is 2.41. The van der Waals surface area contributed by atoms with Crippen molar-refractivity contribution >= 4 is 0 Å². The average molecular weight is 335 g/mol. The standard InChI is InChI=1S/C19H29NO4/c1-20-7-6-12-9-17(23-2)18(24-3)11-16(12)19(20)13-4-5-14(21)10-15(22)8-13/h4-5,9,13-16,19,21-22H,6-8,10-11H2,1-3H3. The van der Waals surface area contributed by atoms with Crippen LogP contribution in [0.3, 0.4) is 0 Å². The molecule has 0 spiro atoms. The van der Waals surface area contributed by atoms with Crippen molar-refractivity contribution in [3.05, 3.63) is 35.3 Å². The summed E-state index contributed by atoms with van der Waals surface area (Å²) in [5.41, 5.74) is 1.41. The first-order valence-electron chi connectivity index (χ1n) is 8.79. The number of aliphatic hydroxyl groups excluding tert-OH is 2. The van der Waals surface area contributed by atoms with E-state index in [2.05, 4.69) is 24.1 Å². The van der Waals surface area contributed by atoms with Crippen LogP contribution in [0.4, 0.5) is 0 Å². The molecule has 3 aliphatic rings. The summed E-state index contributed by atoms with van der Waals surface area (Å²) in [7, 11) is 5.54. The molecule has 0 aromatic carbocycles. The van der Waals surface area contributed by atoms with E-state index in [1.54, 1.807) is 14.2 Å².